The van der Waals surface area contributed by atoms with Crippen LogP contribution >= 0.6 is 0 Å². The third kappa shape index (κ3) is 2.45. The number of carbonyl (C=O) groups excluding carboxylic acids is 1. The molecule has 1 heterocycles. The highest BCUT2D eigenvalue weighted by Gasteiger charge is 2.32. The topological polar surface area (TPSA) is 61.4 Å². The maximum Gasteiger partial charge on any atom is 0.243 e. The van der Waals surface area contributed by atoms with Crippen LogP contribution < -0.4 is 10.6 Å². The van der Waals surface area contributed by atoms with E-state index in [1.807, 2.05) is 18.2 Å². The highest BCUT2D eigenvalue weighted by molar-refractivity contribution is 5.87. The Bertz CT molecular complexity index is 450. The molecule has 0 saturated heterocycles. The van der Waals surface area contributed by atoms with Gasteiger partial charge in [0.1, 0.15) is 6.04 Å². The molecule has 1 fully saturated rings. The summed E-state index contributed by atoms with van der Waals surface area (Å²) in [7, 11) is 0. The number of carbonyl (C=O) groups is 1. The molecule has 0 bridgehead atoms. The Morgan fingerprint density at radius 1 is 1.37 bits per heavy atom. The molecule has 4 heteroatoms. The van der Waals surface area contributed by atoms with E-state index in [9.17, 15) is 9.90 Å². The maximum atomic E-state index is 12.3. The molecule has 1 aliphatic heterocycles. The zero-order valence-corrected chi connectivity index (χ0v) is 10.9. The highest BCUT2D eigenvalue weighted by Crippen LogP contribution is 2.27. The average molecular weight is 260 g/mol. The summed E-state index contributed by atoms with van der Waals surface area (Å²) in [6, 6.07) is 8.02. The Labute approximate surface area is 113 Å². The first kappa shape index (κ1) is 12.5. The second-order valence-electron chi connectivity index (χ2n) is 5.55. The van der Waals surface area contributed by atoms with Crippen molar-refractivity contribution in [1.82, 2.24) is 5.32 Å². The number of anilines is 1. The molecule has 3 rings (SSSR count). The molecule has 102 valence electrons. The minimum absolute atomic E-state index is 0.0570. The lowest BCUT2D eigenvalue weighted by molar-refractivity contribution is -0.122. The van der Waals surface area contributed by atoms with Crippen LogP contribution in [0.15, 0.2) is 24.3 Å². The molecule has 1 aliphatic carbocycles. The number of para-hydroxylation sites is 1. The van der Waals surface area contributed by atoms with Gasteiger partial charge in [0.15, 0.2) is 0 Å². The summed E-state index contributed by atoms with van der Waals surface area (Å²) in [5.74, 6) is 0.286. The lowest BCUT2D eigenvalue weighted by atomic mass is 10.0. The van der Waals surface area contributed by atoms with E-state index in [1.54, 1.807) is 0 Å². The van der Waals surface area contributed by atoms with Gasteiger partial charge in [0.2, 0.25) is 5.91 Å². The Kier molecular flexibility index (Phi) is 3.42. The van der Waals surface area contributed by atoms with Crippen LogP contribution in [0.4, 0.5) is 5.69 Å². The monoisotopic (exact) mass is 260 g/mol. The number of amides is 1. The van der Waals surface area contributed by atoms with Crippen molar-refractivity contribution in [3.63, 3.8) is 0 Å². The number of nitrogens with one attached hydrogen (secondary N) is 2. The molecule has 4 nitrogen and oxygen atoms in total. The van der Waals surface area contributed by atoms with Crippen molar-refractivity contribution in [3.05, 3.63) is 29.8 Å². The fourth-order valence-corrected chi connectivity index (χ4v) is 3.18. The van der Waals surface area contributed by atoms with E-state index in [0.29, 0.717) is 0 Å². The number of aliphatic hydroxyl groups excluding tert-OH is 1. The number of hydrogen-bond donors (Lipinski definition) is 3. The van der Waals surface area contributed by atoms with Gasteiger partial charge >= 0.3 is 0 Å². The van der Waals surface area contributed by atoms with E-state index in [1.165, 1.54) is 5.56 Å². The summed E-state index contributed by atoms with van der Waals surface area (Å²) in [6.45, 7) is 0.170. The van der Waals surface area contributed by atoms with Gasteiger partial charge in [-0.05, 0) is 24.5 Å². The van der Waals surface area contributed by atoms with Crippen molar-refractivity contribution in [2.45, 2.75) is 37.8 Å². The summed E-state index contributed by atoms with van der Waals surface area (Å²) in [6.07, 6.45) is 3.84. The molecule has 3 N–H and O–H groups in total. The van der Waals surface area contributed by atoms with Crippen molar-refractivity contribution in [2.24, 2.45) is 5.92 Å². The van der Waals surface area contributed by atoms with Gasteiger partial charge in [-0.1, -0.05) is 24.6 Å². The Morgan fingerprint density at radius 2 is 2.21 bits per heavy atom. The fraction of sp³-hybridized carbons (Fsp3) is 0.533. The van der Waals surface area contributed by atoms with Crippen LogP contribution in [-0.2, 0) is 11.2 Å². The summed E-state index contributed by atoms with van der Waals surface area (Å²) in [5, 5.41) is 15.7. The number of aliphatic hydroxyl groups is 1. The average Bonchev–Trinajstić information content (AvgIpc) is 3.03. The fourth-order valence-electron chi connectivity index (χ4n) is 3.18. The molecule has 1 aromatic carbocycles. The predicted octanol–water partition coefficient (Wildman–Crippen LogP) is 1.30. The number of rotatable bonds is 3. The maximum absolute atomic E-state index is 12.3. The van der Waals surface area contributed by atoms with Crippen LogP contribution in [0, 0.1) is 5.92 Å². The Morgan fingerprint density at radius 3 is 3.00 bits per heavy atom. The minimum Gasteiger partial charge on any atom is -0.396 e. The van der Waals surface area contributed by atoms with E-state index >= 15 is 0 Å². The van der Waals surface area contributed by atoms with Crippen LogP contribution in [0.5, 0.6) is 0 Å². The summed E-state index contributed by atoms with van der Waals surface area (Å²) in [4.78, 5) is 12.3. The summed E-state index contributed by atoms with van der Waals surface area (Å²) >= 11 is 0. The standard InChI is InChI=1S/C15H20N2O2/c18-9-11-5-3-7-13(11)17-15(19)14-8-10-4-1-2-6-12(10)16-14/h1-2,4,6,11,13-14,16,18H,3,5,7-9H2,(H,17,19). The van der Waals surface area contributed by atoms with Gasteiger partial charge in [0.05, 0.1) is 0 Å². The van der Waals surface area contributed by atoms with Crippen molar-refractivity contribution in [3.8, 4) is 0 Å². The molecule has 3 atom stereocenters. The molecule has 3 unspecified atom stereocenters. The normalized spacial score (nSPS) is 28.8. The van der Waals surface area contributed by atoms with Gasteiger partial charge < -0.3 is 15.7 Å². The third-order valence-corrected chi connectivity index (χ3v) is 4.31. The number of benzene rings is 1. The molecule has 1 amide bonds. The van der Waals surface area contributed by atoms with Crippen molar-refractivity contribution < 1.29 is 9.90 Å². The molecule has 0 aromatic heterocycles. The molecule has 1 aromatic rings. The molecular weight excluding hydrogens is 240 g/mol. The Hall–Kier alpha value is -1.55. The van der Waals surface area contributed by atoms with Crippen LogP contribution in [0.3, 0.4) is 0 Å². The van der Waals surface area contributed by atoms with E-state index in [-0.39, 0.29) is 30.5 Å². The molecule has 19 heavy (non-hydrogen) atoms. The van der Waals surface area contributed by atoms with E-state index in [4.69, 9.17) is 0 Å². The van der Waals surface area contributed by atoms with Gasteiger partial charge in [-0.2, -0.15) is 0 Å². The highest BCUT2D eigenvalue weighted by atomic mass is 16.3. The number of fused-ring (bicyclic) bond motifs is 1. The van der Waals surface area contributed by atoms with Crippen molar-refractivity contribution in [2.75, 3.05) is 11.9 Å². The molecule has 0 radical (unpaired) electrons. The lowest BCUT2D eigenvalue weighted by Gasteiger charge is -2.21. The van der Waals surface area contributed by atoms with Crippen LogP contribution in [-0.4, -0.2) is 29.7 Å². The van der Waals surface area contributed by atoms with Crippen molar-refractivity contribution in [1.29, 1.82) is 0 Å². The largest absolute Gasteiger partial charge is 0.396 e. The second kappa shape index (κ2) is 5.21. The molecule has 1 saturated carbocycles. The van der Waals surface area contributed by atoms with E-state index < -0.39 is 0 Å². The lowest BCUT2D eigenvalue weighted by Crippen LogP contribution is -2.45. The Balaban J connectivity index is 1.61. The smallest absolute Gasteiger partial charge is 0.243 e. The molecule has 0 spiro atoms. The SMILES string of the molecule is O=C(NC1CCCC1CO)C1Cc2ccccc2N1. The summed E-state index contributed by atoms with van der Waals surface area (Å²) < 4.78 is 0. The van der Waals surface area contributed by atoms with E-state index in [0.717, 1.165) is 31.4 Å². The first-order chi connectivity index (χ1) is 9.28. The first-order valence-corrected chi connectivity index (χ1v) is 7.03. The number of hydrogen-bond acceptors (Lipinski definition) is 3. The van der Waals surface area contributed by atoms with E-state index in [2.05, 4.69) is 16.7 Å². The van der Waals surface area contributed by atoms with Gasteiger partial charge in [0, 0.05) is 30.7 Å². The third-order valence-electron chi connectivity index (χ3n) is 4.31. The van der Waals surface area contributed by atoms with Gasteiger partial charge in [-0.25, -0.2) is 0 Å². The van der Waals surface area contributed by atoms with Crippen LogP contribution in [0.25, 0.3) is 0 Å². The predicted molar refractivity (Wildman–Crippen MR) is 73.9 cm³/mol. The molecule has 2 aliphatic rings. The minimum atomic E-state index is -0.169. The quantitative estimate of drug-likeness (QED) is 0.767. The zero-order chi connectivity index (χ0) is 13.2. The van der Waals surface area contributed by atoms with Gasteiger partial charge in [-0.3, -0.25) is 4.79 Å². The van der Waals surface area contributed by atoms with Crippen LogP contribution in [0.1, 0.15) is 24.8 Å². The van der Waals surface area contributed by atoms with Crippen LogP contribution in [0.2, 0.25) is 0 Å². The van der Waals surface area contributed by atoms with Gasteiger partial charge in [-0.15, -0.1) is 0 Å². The van der Waals surface area contributed by atoms with Gasteiger partial charge in [0.25, 0.3) is 0 Å². The molecular formula is C15H20N2O2. The first-order valence-electron chi connectivity index (χ1n) is 7.03. The van der Waals surface area contributed by atoms with Crippen molar-refractivity contribution >= 4 is 11.6 Å². The zero-order valence-electron chi connectivity index (χ0n) is 10.9. The second-order valence-corrected chi connectivity index (χ2v) is 5.55. The summed E-state index contributed by atoms with van der Waals surface area (Å²) in [5.41, 5.74) is 2.26.